The van der Waals surface area contributed by atoms with Crippen LogP contribution in [-0.4, -0.2) is 60.4 Å². The lowest BCUT2D eigenvalue weighted by Gasteiger charge is -2.39. The molecule has 5 nitrogen and oxygen atoms in total. The van der Waals surface area contributed by atoms with E-state index in [2.05, 4.69) is 12.2 Å². The van der Waals surface area contributed by atoms with Crippen molar-refractivity contribution in [2.45, 2.75) is 32.7 Å². The number of piperidine rings is 1. The first-order chi connectivity index (χ1) is 11.6. The van der Waals surface area contributed by atoms with Gasteiger partial charge in [-0.15, -0.1) is 12.4 Å². The number of amides is 2. The van der Waals surface area contributed by atoms with Gasteiger partial charge in [0.05, 0.1) is 5.92 Å². The van der Waals surface area contributed by atoms with Gasteiger partial charge in [-0.3, -0.25) is 9.59 Å². The predicted octanol–water partition coefficient (Wildman–Crippen LogP) is 2.09. The molecule has 2 aliphatic rings. The van der Waals surface area contributed by atoms with Crippen molar-refractivity contribution < 1.29 is 9.59 Å². The molecule has 2 aliphatic heterocycles. The van der Waals surface area contributed by atoms with E-state index < -0.39 is 0 Å². The maximum absolute atomic E-state index is 12.9. The Morgan fingerprint density at radius 1 is 1.16 bits per heavy atom. The van der Waals surface area contributed by atoms with Crippen LogP contribution < -0.4 is 5.32 Å². The van der Waals surface area contributed by atoms with Crippen molar-refractivity contribution in [3.8, 4) is 0 Å². The molecular weight excluding hydrogens is 338 g/mol. The van der Waals surface area contributed by atoms with Crippen LogP contribution in [0.1, 0.15) is 35.7 Å². The van der Waals surface area contributed by atoms with E-state index in [-0.39, 0.29) is 36.2 Å². The summed E-state index contributed by atoms with van der Waals surface area (Å²) in [5.74, 6) is 0.194. The Hall–Kier alpha value is -1.59. The number of rotatable bonds is 2. The van der Waals surface area contributed by atoms with Crippen LogP contribution in [0.15, 0.2) is 24.3 Å². The van der Waals surface area contributed by atoms with Crippen molar-refractivity contribution in [2.75, 3.05) is 32.7 Å². The Morgan fingerprint density at radius 2 is 1.88 bits per heavy atom. The summed E-state index contributed by atoms with van der Waals surface area (Å²) in [5.41, 5.74) is 1.86. The highest BCUT2D eigenvalue weighted by atomic mass is 35.5. The van der Waals surface area contributed by atoms with Gasteiger partial charge in [0, 0.05) is 44.3 Å². The van der Waals surface area contributed by atoms with Gasteiger partial charge in [-0.2, -0.15) is 0 Å². The van der Waals surface area contributed by atoms with E-state index in [1.165, 1.54) is 0 Å². The van der Waals surface area contributed by atoms with Gasteiger partial charge in [0.1, 0.15) is 0 Å². The zero-order valence-electron chi connectivity index (χ0n) is 15.0. The number of nitrogens with zero attached hydrogens (tertiary/aromatic N) is 2. The lowest BCUT2D eigenvalue weighted by atomic mass is 9.95. The van der Waals surface area contributed by atoms with E-state index in [1.807, 2.05) is 41.0 Å². The van der Waals surface area contributed by atoms with Crippen LogP contribution in [0.4, 0.5) is 0 Å². The van der Waals surface area contributed by atoms with Crippen LogP contribution in [0, 0.1) is 12.8 Å². The quantitative estimate of drug-likeness (QED) is 0.873. The summed E-state index contributed by atoms with van der Waals surface area (Å²) in [5, 5.41) is 3.32. The van der Waals surface area contributed by atoms with Crippen LogP contribution in [0.3, 0.4) is 0 Å². The summed E-state index contributed by atoms with van der Waals surface area (Å²) in [6.45, 7) is 7.86. The number of halogens is 1. The van der Waals surface area contributed by atoms with Gasteiger partial charge in [0.15, 0.2) is 0 Å². The molecule has 2 saturated heterocycles. The van der Waals surface area contributed by atoms with Crippen molar-refractivity contribution in [2.24, 2.45) is 5.92 Å². The van der Waals surface area contributed by atoms with Crippen molar-refractivity contribution in [3.63, 3.8) is 0 Å². The summed E-state index contributed by atoms with van der Waals surface area (Å²) >= 11 is 0. The molecule has 6 heteroatoms. The van der Waals surface area contributed by atoms with Crippen LogP contribution in [-0.2, 0) is 4.79 Å². The molecule has 3 rings (SSSR count). The van der Waals surface area contributed by atoms with E-state index >= 15 is 0 Å². The lowest BCUT2D eigenvalue weighted by molar-refractivity contribution is -0.139. The fourth-order valence-corrected chi connectivity index (χ4v) is 3.64. The molecule has 1 aromatic carbocycles. The number of hydrogen-bond donors (Lipinski definition) is 1. The molecule has 1 N–H and O–H groups in total. The largest absolute Gasteiger partial charge is 0.338 e. The smallest absolute Gasteiger partial charge is 0.253 e. The predicted molar refractivity (Wildman–Crippen MR) is 101 cm³/mol. The van der Waals surface area contributed by atoms with Crippen LogP contribution >= 0.6 is 12.4 Å². The summed E-state index contributed by atoms with van der Waals surface area (Å²) < 4.78 is 0. The molecule has 138 valence electrons. The van der Waals surface area contributed by atoms with Crippen LogP contribution in [0.25, 0.3) is 0 Å². The van der Waals surface area contributed by atoms with Gasteiger partial charge in [-0.1, -0.05) is 17.7 Å². The molecule has 0 spiro atoms. The highest BCUT2D eigenvalue weighted by Gasteiger charge is 2.33. The molecule has 0 aromatic heterocycles. The molecule has 0 saturated carbocycles. The van der Waals surface area contributed by atoms with E-state index in [0.717, 1.165) is 44.6 Å². The minimum absolute atomic E-state index is 0. The number of hydrogen-bond acceptors (Lipinski definition) is 3. The van der Waals surface area contributed by atoms with E-state index in [9.17, 15) is 9.59 Å². The highest BCUT2D eigenvalue weighted by Crippen LogP contribution is 2.22. The molecule has 0 radical (unpaired) electrons. The molecule has 25 heavy (non-hydrogen) atoms. The molecule has 2 fully saturated rings. The molecule has 2 atom stereocenters. The molecular formula is C19H28ClN3O2. The zero-order valence-corrected chi connectivity index (χ0v) is 15.8. The van der Waals surface area contributed by atoms with E-state index in [4.69, 9.17) is 0 Å². The van der Waals surface area contributed by atoms with Crippen LogP contribution in [0.2, 0.25) is 0 Å². The van der Waals surface area contributed by atoms with E-state index in [0.29, 0.717) is 12.1 Å². The van der Waals surface area contributed by atoms with Crippen LogP contribution in [0.5, 0.6) is 0 Å². The average molecular weight is 366 g/mol. The number of nitrogens with one attached hydrogen (secondary N) is 1. The number of likely N-dealkylation sites (tertiary alicyclic amines) is 1. The second-order valence-electron chi connectivity index (χ2n) is 7.04. The van der Waals surface area contributed by atoms with Gasteiger partial charge in [-0.05, 0) is 38.8 Å². The summed E-state index contributed by atoms with van der Waals surface area (Å²) in [4.78, 5) is 29.4. The first kappa shape index (κ1) is 19.7. The third-order valence-corrected chi connectivity index (χ3v) is 5.14. The van der Waals surface area contributed by atoms with E-state index in [1.54, 1.807) is 0 Å². The molecule has 1 aromatic rings. The molecule has 2 amide bonds. The second-order valence-corrected chi connectivity index (χ2v) is 7.04. The van der Waals surface area contributed by atoms with Crippen molar-refractivity contribution >= 4 is 24.2 Å². The van der Waals surface area contributed by atoms with Gasteiger partial charge in [0.25, 0.3) is 5.91 Å². The minimum atomic E-state index is -0.0614. The Bertz CT molecular complexity index is 605. The third kappa shape index (κ3) is 4.53. The van der Waals surface area contributed by atoms with Gasteiger partial charge < -0.3 is 15.1 Å². The Kier molecular flexibility index (Phi) is 6.85. The topological polar surface area (TPSA) is 52.7 Å². The Morgan fingerprint density at radius 3 is 2.56 bits per heavy atom. The fraction of sp³-hybridized carbons (Fsp3) is 0.579. The molecule has 1 unspecified atom stereocenters. The Balaban J connectivity index is 0.00000225. The zero-order chi connectivity index (χ0) is 17.1. The number of piperazine rings is 1. The summed E-state index contributed by atoms with van der Waals surface area (Å²) in [6, 6.07) is 7.90. The summed E-state index contributed by atoms with van der Waals surface area (Å²) in [7, 11) is 0. The molecule has 0 bridgehead atoms. The van der Waals surface area contributed by atoms with Gasteiger partial charge in [-0.25, -0.2) is 0 Å². The SMILES string of the molecule is Cc1ccc(C(=O)N2CCCC(C(=O)N3CCNC[C@@H]3C)C2)cc1.Cl. The average Bonchev–Trinajstić information content (AvgIpc) is 2.62. The fourth-order valence-electron chi connectivity index (χ4n) is 3.64. The molecule has 2 heterocycles. The number of carbonyl (C=O) groups excluding carboxylic acids is 2. The lowest BCUT2D eigenvalue weighted by Crippen LogP contribution is -2.55. The number of aryl methyl sites for hydroxylation is 1. The maximum Gasteiger partial charge on any atom is 0.253 e. The first-order valence-electron chi connectivity index (χ1n) is 8.93. The number of carbonyl (C=O) groups is 2. The second kappa shape index (κ2) is 8.68. The number of benzene rings is 1. The van der Waals surface area contributed by atoms with Crippen molar-refractivity contribution in [1.82, 2.24) is 15.1 Å². The highest BCUT2D eigenvalue weighted by molar-refractivity contribution is 5.94. The summed E-state index contributed by atoms with van der Waals surface area (Å²) in [6.07, 6.45) is 1.78. The Labute approximate surface area is 156 Å². The maximum atomic E-state index is 12.9. The standard InChI is InChI=1S/C19H27N3O2.ClH/c1-14-5-7-16(8-6-14)18(23)21-10-3-4-17(13-21)19(24)22-11-9-20-12-15(22)2;/h5-8,15,17,20H,3-4,9-13H2,1-2H3;1H/t15-,17?;/m0./s1. The monoisotopic (exact) mass is 365 g/mol. The molecule has 0 aliphatic carbocycles. The third-order valence-electron chi connectivity index (χ3n) is 5.14. The van der Waals surface area contributed by atoms with Crippen molar-refractivity contribution in [3.05, 3.63) is 35.4 Å². The normalized spacial score (nSPS) is 23.8. The minimum Gasteiger partial charge on any atom is -0.338 e. The van der Waals surface area contributed by atoms with Gasteiger partial charge in [0.2, 0.25) is 5.91 Å². The van der Waals surface area contributed by atoms with Crippen molar-refractivity contribution in [1.29, 1.82) is 0 Å². The first-order valence-corrected chi connectivity index (χ1v) is 8.93. The van der Waals surface area contributed by atoms with Gasteiger partial charge >= 0.3 is 0 Å².